The average Bonchev–Trinajstić information content (AvgIpc) is 2.92. The Morgan fingerprint density at radius 1 is 1.22 bits per heavy atom. The lowest BCUT2D eigenvalue weighted by atomic mass is 10.1. The van der Waals surface area contributed by atoms with Gasteiger partial charge in [0.1, 0.15) is 0 Å². The molecule has 2 N–H and O–H groups in total. The van der Waals surface area contributed by atoms with Crippen LogP contribution in [0.4, 0.5) is 4.79 Å². The molecule has 3 rings (SSSR count). The topological polar surface area (TPSA) is 62.0 Å². The molecule has 4 nitrogen and oxygen atoms in total. The number of aromatic amines is 1. The van der Waals surface area contributed by atoms with Crippen molar-refractivity contribution < 1.29 is 9.59 Å². The molecule has 1 saturated heterocycles. The number of benzene rings is 1. The minimum Gasteiger partial charge on any atom is -0.361 e. The third-order valence-electron chi connectivity index (χ3n) is 2.95. The van der Waals surface area contributed by atoms with Crippen molar-refractivity contribution in [3.63, 3.8) is 0 Å². The van der Waals surface area contributed by atoms with Crippen molar-refractivity contribution in [1.29, 1.82) is 0 Å². The number of thioether (sulfide) groups is 1. The second-order valence-electron chi connectivity index (χ2n) is 4.05. The van der Waals surface area contributed by atoms with E-state index in [0.29, 0.717) is 4.91 Å². The molecule has 5 heteroatoms. The van der Waals surface area contributed by atoms with E-state index >= 15 is 0 Å². The van der Waals surface area contributed by atoms with E-state index in [1.54, 1.807) is 0 Å². The van der Waals surface area contributed by atoms with Gasteiger partial charge in [0.05, 0.1) is 4.91 Å². The van der Waals surface area contributed by atoms with Gasteiger partial charge in [-0.3, -0.25) is 14.9 Å². The SMILES string of the molecule is CC(=C1SC(=O)NC1=O)c1c[nH]c2ccccc12. The summed E-state index contributed by atoms with van der Waals surface area (Å²) < 4.78 is 0. The van der Waals surface area contributed by atoms with E-state index in [1.165, 1.54) is 0 Å². The molecule has 2 heterocycles. The first-order valence-corrected chi connectivity index (χ1v) is 6.29. The molecule has 2 amide bonds. The molecule has 0 aliphatic carbocycles. The second kappa shape index (κ2) is 4.03. The summed E-state index contributed by atoms with van der Waals surface area (Å²) in [5.41, 5.74) is 2.79. The number of hydrogen-bond donors (Lipinski definition) is 2. The predicted octanol–water partition coefficient (Wildman–Crippen LogP) is 2.88. The highest BCUT2D eigenvalue weighted by atomic mass is 32.2. The Morgan fingerprint density at radius 3 is 2.72 bits per heavy atom. The largest absolute Gasteiger partial charge is 0.361 e. The summed E-state index contributed by atoms with van der Waals surface area (Å²) in [6.45, 7) is 1.86. The van der Waals surface area contributed by atoms with Crippen LogP contribution in [0.25, 0.3) is 16.5 Å². The maximum absolute atomic E-state index is 11.6. The highest BCUT2D eigenvalue weighted by Gasteiger charge is 2.28. The summed E-state index contributed by atoms with van der Waals surface area (Å²) >= 11 is 0.955. The summed E-state index contributed by atoms with van der Waals surface area (Å²) in [7, 11) is 0. The fraction of sp³-hybridized carbons (Fsp3) is 0.0769. The normalized spacial score (nSPS) is 18.3. The van der Waals surface area contributed by atoms with E-state index in [1.807, 2.05) is 37.4 Å². The zero-order valence-corrected chi connectivity index (χ0v) is 10.4. The first-order chi connectivity index (χ1) is 8.66. The van der Waals surface area contributed by atoms with Crippen molar-refractivity contribution in [1.82, 2.24) is 10.3 Å². The van der Waals surface area contributed by atoms with Gasteiger partial charge in [0, 0.05) is 22.7 Å². The lowest BCUT2D eigenvalue weighted by Crippen LogP contribution is -2.18. The molecule has 0 saturated carbocycles. The zero-order chi connectivity index (χ0) is 12.7. The van der Waals surface area contributed by atoms with Crippen molar-refractivity contribution in [2.75, 3.05) is 0 Å². The second-order valence-corrected chi connectivity index (χ2v) is 5.03. The Morgan fingerprint density at radius 2 is 2.00 bits per heavy atom. The number of rotatable bonds is 1. The van der Waals surface area contributed by atoms with E-state index < -0.39 is 0 Å². The molecular formula is C13H10N2O2S. The summed E-state index contributed by atoms with van der Waals surface area (Å²) in [6.07, 6.45) is 1.86. The van der Waals surface area contributed by atoms with Crippen LogP contribution in [0.5, 0.6) is 0 Å². The third-order valence-corrected chi connectivity index (χ3v) is 3.93. The van der Waals surface area contributed by atoms with Crippen LogP contribution in [0.2, 0.25) is 0 Å². The van der Waals surface area contributed by atoms with Crippen molar-refractivity contribution in [3.8, 4) is 0 Å². The van der Waals surface area contributed by atoms with Crippen molar-refractivity contribution in [2.45, 2.75) is 6.92 Å². The van der Waals surface area contributed by atoms with Gasteiger partial charge in [0.2, 0.25) is 0 Å². The molecule has 2 aromatic rings. The molecule has 18 heavy (non-hydrogen) atoms. The fourth-order valence-electron chi connectivity index (χ4n) is 2.06. The predicted molar refractivity (Wildman–Crippen MR) is 72.0 cm³/mol. The van der Waals surface area contributed by atoms with E-state index in [-0.39, 0.29) is 11.1 Å². The monoisotopic (exact) mass is 258 g/mol. The number of amides is 2. The summed E-state index contributed by atoms with van der Waals surface area (Å²) in [4.78, 5) is 26.5. The number of allylic oxidation sites excluding steroid dienone is 1. The highest BCUT2D eigenvalue weighted by molar-refractivity contribution is 8.18. The number of nitrogens with one attached hydrogen (secondary N) is 2. The molecule has 0 spiro atoms. The Kier molecular flexibility index (Phi) is 2.48. The Balaban J connectivity index is 2.18. The highest BCUT2D eigenvalue weighted by Crippen LogP contribution is 2.34. The fourth-order valence-corrected chi connectivity index (χ4v) is 2.80. The minimum atomic E-state index is -0.312. The van der Waals surface area contributed by atoms with Crippen LogP contribution in [-0.4, -0.2) is 16.1 Å². The van der Waals surface area contributed by atoms with Crippen molar-refractivity contribution >= 4 is 39.4 Å². The smallest absolute Gasteiger partial charge is 0.290 e. The van der Waals surface area contributed by atoms with Crippen LogP contribution in [0, 0.1) is 0 Å². The van der Waals surface area contributed by atoms with Gasteiger partial charge in [-0.1, -0.05) is 18.2 Å². The third kappa shape index (κ3) is 1.64. The van der Waals surface area contributed by atoms with Gasteiger partial charge in [-0.05, 0) is 30.3 Å². The van der Waals surface area contributed by atoms with Crippen molar-refractivity contribution in [3.05, 3.63) is 40.9 Å². The standard InChI is InChI=1S/C13H10N2O2S/c1-7(11-12(16)15-13(17)18-11)9-6-14-10-5-3-2-4-8(9)10/h2-6,14H,1H3,(H,15,16,17). The molecule has 0 bridgehead atoms. The molecule has 1 aliphatic heterocycles. The van der Waals surface area contributed by atoms with E-state index in [9.17, 15) is 9.59 Å². The summed E-state index contributed by atoms with van der Waals surface area (Å²) in [5, 5.41) is 3.02. The van der Waals surface area contributed by atoms with Crippen LogP contribution in [0.3, 0.4) is 0 Å². The van der Waals surface area contributed by atoms with Gasteiger partial charge in [-0.15, -0.1) is 0 Å². The zero-order valence-electron chi connectivity index (χ0n) is 9.61. The number of carbonyl (C=O) groups excluding carboxylic acids is 2. The van der Waals surface area contributed by atoms with Gasteiger partial charge < -0.3 is 4.98 Å². The average molecular weight is 258 g/mol. The molecule has 0 unspecified atom stereocenters. The number of aromatic nitrogens is 1. The molecule has 1 aromatic carbocycles. The number of para-hydroxylation sites is 1. The minimum absolute atomic E-state index is 0.311. The van der Waals surface area contributed by atoms with E-state index in [0.717, 1.165) is 33.8 Å². The number of hydrogen-bond acceptors (Lipinski definition) is 3. The van der Waals surface area contributed by atoms with E-state index in [2.05, 4.69) is 10.3 Å². The first kappa shape index (κ1) is 11.1. The Hall–Kier alpha value is -2.01. The quantitative estimate of drug-likeness (QED) is 0.773. The number of carbonyl (C=O) groups is 2. The number of imide groups is 1. The molecule has 1 aliphatic rings. The van der Waals surface area contributed by atoms with Crippen LogP contribution in [0.15, 0.2) is 35.4 Å². The summed E-state index contributed by atoms with van der Waals surface area (Å²) in [6, 6.07) is 7.87. The van der Waals surface area contributed by atoms with Crippen LogP contribution in [0.1, 0.15) is 12.5 Å². The van der Waals surface area contributed by atoms with Crippen LogP contribution < -0.4 is 5.32 Å². The van der Waals surface area contributed by atoms with Gasteiger partial charge in [-0.25, -0.2) is 0 Å². The molecular weight excluding hydrogens is 248 g/mol. The van der Waals surface area contributed by atoms with Crippen molar-refractivity contribution in [2.24, 2.45) is 0 Å². The Labute approximate surface area is 107 Å². The Bertz CT molecular complexity index is 700. The molecule has 1 aromatic heterocycles. The van der Waals surface area contributed by atoms with E-state index in [4.69, 9.17) is 0 Å². The number of fused-ring (bicyclic) bond motifs is 1. The van der Waals surface area contributed by atoms with Gasteiger partial charge in [0.25, 0.3) is 11.1 Å². The van der Waals surface area contributed by atoms with Crippen LogP contribution >= 0.6 is 11.8 Å². The molecule has 90 valence electrons. The lowest BCUT2D eigenvalue weighted by molar-refractivity contribution is -0.115. The first-order valence-electron chi connectivity index (χ1n) is 5.47. The van der Waals surface area contributed by atoms with Gasteiger partial charge in [0.15, 0.2) is 0 Å². The van der Waals surface area contributed by atoms with Gasteiger partial charge >= 0.3 is 0 Å². The molecule has 1 fully saturated rings. The maximum atomic E-state index is 11.6. The maximum Gasteiger partial charge on any atom is 0.290 e. The lowest BCUT2D eigenvalue weighted by Gasteiger charge is -2.01. The molecule has 0 radical (unpaired) electrons. The molecule has 0 atom stereocenters. The summed E-state index contributed by atoms with van der Waals surface area (Å²) in [5.74, 6) is -0.312. The van der Waals surface area contributed by atoms with Crippen LogP contribution in [-0.2, 0) is 4.79 Å². The number of H-pyrrole nitrogens is 1. The van der Waals surface area contributed by atoms with Gasteiger partial charge in [-0.2, -0.15) is 0 Å².